The second-order valence-corrected chi connectivity index (χ2v) is 4.53. The second kappa shape index (κ2) is 3.00. The van der Waals surface area contributed by atoms with Crippen LogP contribution in [-0.4, -0.2) is 35.2 Å². The largest absolute Gasteiger partial charge is 0.395 e. The van der Waals surface area contributed by atoms with Gasteiger partial charge in [-0.1, -0.05) is 6.92 Å². The minimum absolute atomic E-state index is 0.329. The van der Waals surface area contributed by atoms with Gasteiger partial charge in [-0.2, -0.15) is 0 Å². The van der Waals surface area contributed by atoms with Gasteiger partial charge in [0.15, 0.2) is 0 Å². The van der Waals surface area contributed by atoms with Crippen LogP contribution in [0.3, 0.4) is 0 Å². The van der Waals surface area contributed by atoms with Crippen molar-refractivity contribution in [1.82, 2.24) is 4.90 Å². The maximum atomic E-state index is 8.90. The molecule has 2 aliphatic rings. The van der Waals surface area contributed by atoms with E-state index >= 15 is 0 Å². The van der Waals surface area contributed by atoms with E-state index in [9.17, 15) is 0 Å². The highest BCUT2D eigenvalue weighted by Gasteiger charge is 2.49. The van der Waals surface area contributed by atoms with Crippen LogP contribution in [0.25, 0.3) is 0 Å². The summed E-state index contributed by atoms with van der Waals surface area (Å²) in [6, 6.07) is 0. The summed E-state index contributed by atoms with van der Waals surface area (Å²) in [6.45, 7) is 4.79. The molecule has 1 saturated heterocycles. The molecule has 2 rings (SSSR count). The zero-order chi connectivity index (χ0) is 8.60. The number of hydrogen-bond acceptors (Lipinski definition) is 2. The Morgan fingerprint density at radius 1 is 1.50 bits per heavy atom. The average Bonchev–Trinajstić information content (AvgIpc) is 2.77. The lowest BCUT2D eigenvalue weighted by atomic mass is 9.90. The van der Waals surface area contributed by atoms with Gasteiger partial charge in [-0.25, -0.2) is 0 Å². The number of likely N-dealkylation sites (tertiary alicyclic amines) is 1. The fourth-order valence-corrected chi connectivity index (χ4v) is 2.63. The molecule has 12 heavy (non-hydrogen) atoms. The number of aliphatic hydroxyl groups is 1. The third kappa shape index (κ3) is 1.38. The summed E-state index contributed by atoms with van der Waals surface area (Å²) in [5.41, 5.74) is 0.542. The second-order valence-electron chi connectivity index (χ2n) is 4.53. The molecular weight excluding hydrogens is 150 g/mol. The average molecular weight is 169 g/mol. The fraction of sp³-hybridized carbons (Fsp3) is 1.00. The normalized spacial score (nSPS) is 34.0. The smallest absolute Gasteiger partial charge is 0.0558 e. The highest BCUT2D eigenvalue weighted by molar-refractivity contribution is 5.06. The minimum Gasteiger partial charge on any atom is -0.395 e. The van der Waals surface area contributed by atoms with Gasteiger partial charge < -0.3 is 5.11 Å². The van der Waals surface area contributed by atoms with E-state index in [4.69, 9.17) is 5.11 Å². The Bertz CT molecular complexity index is 165. The Kier molecular flexibility index (Phi) is 2.13. The van der Waals surface area contributed by atoms with E-state index in [0.717, 1.165) is 12.5 Å². The van der Waals surface area contributed by atoms with Crippen LogP contribution in [0.15, 0.2) is 0 Å². The van der Waals surface area contributed by atoms with Gasteiger partial charge in [0.05, 0.1) is 6.61 Å². The summed E-state index contributed by atoms with van der Waals surface area (Å²) in [5, 5.41) is 8.90. The molecule has 1 saturated carbocycles. The van der Waals surface area contributed by atoms with Crippen LogP contribution in [0, 0.1) is 5.92 Å². The van der Waals surface area contributed by atoms with E-state index in [-0.39, 0.29) is 0 Å². The van der Waals surface area contributed by atoms with Gasteiger partial charge in [-0.3, -0.25) is 4.90 Å². The maximum Gasteiger partial charge on any atom is 0.0558 e. The van der Waals surface area contributed by atoms with Crippen molar-refractivity contribution in [2.45, 2.75) is 38.1 Å². The molecule has 0 unspecified atom stereocenters. The Morgan fingerprint density at radius 3 is 2.83 bits per heavy atom. The van der Waals surface area contributed by atoms with Crippen LogP contribution in [0.2, 0.25) is 0 Å². The molecule has 1 spiro atoms. The molecule has 1 aliphatic carbocycles. The van der Waals surface area contributed by atoms with Gasteiger partial charge in [0.1, 0.15) is 0 Å². The van der Waals surface area contributed by atoms with E-state index < -0.39 is 0 Å². The fourth-order valence-electron chi connectivity index (χ4n) is 2.63. The third-order valence-corrected chi connectivity index (χ3v) is 3.49. The van der Waals surface area contributed by atoms with Crippen LogP contribution < -0.4 is 0 Å². The van der Waals surface area contributed by atoms with Crippen LogP contribution in [-0.2, 0) is 0 Å². The molecule has 1 atom stereocenters. The van der Waals surface area contributed by atoms with Crippen molar-refractivity contribution < 1.29 is 5.11 Å². The first kappa shape index (κ1) is 8.52. The van der Waals surface area contributed by atoms with Crippen molar-refractivity contribution in [2.75, 3.05) is 19.7 Å². The number of aliphatic hydroxyl groups excluding tert-OH is 1. The Balaban J connectivity index is 1.96. The Morgan fingerprint density at radius 2 is 2.25 bits per heavy atom. The van der Waals surface area contributed by atoms with Crippen molar-refractivity contribution in [3.8, 4) is 0 Å². The van der Waals surface area contributed by atoms with Crippen LogP contribution in [0.5, 0.6) is 0 Å². The van der Waals surface area contributed by atoms with Gasteiger partial charge in [0.2, 0.25) is 0 Å². The van der Waals surface area contributed by atoms with Gasteiger partial charge >= 0.3 is 0 Å². The lowest BCUT2D eigenvalue weighted by molar-refractivity contribution is 0.0786. The molecule has 0 bridgehead atoms. The van der Waals surface area contributed by atoms with Crippen molar-refractivity contribution >= 4 is 0 Å². The molecular formula is C10H19NO. The van der Waals surface area contributed by atoms with Gasteiger partial charge in [-0.05, 0) is 38.1 Å². The molecule has 0 amide bonds. The highest BCUT2D eigenvalue weighted by Crippen LogP contribution is 2.49. The quantitative estimate of drug-likeness (QED) is 0.672. The number of β-amino-alcohol motifs (C(OH)–C–C–N with tert-alkyl or cyclic N) is 1. The molecule has 0 radical (unpaired) electrons. The SMILES string of the molecule is C[C@@H]1CCN(CCO)C2(CC2)C1. The number of rotatable bonds is 2. The van der Waals surface area contributed by atoms with E-state index in [0.29, 0.717) is 12.1 Å². The van der Waals surface area contributed by atoms with E-state index in [1.807, 2.05) is 0 Å². The summed E-state index contributed by atoms with van der Waals surface area (Å²) >= 11 is 0. The number of hydrogen-bond donors (Lipinski definition) is 1. The number of nitrogens with zero attached hydrogens (tertiary/aromatic N) is 1. The Hall–Kier alpha value is -0.0800. The summed E-state index contributed by atoms with van der Waals surface area (Å²) in [4.78, 5) is 2.51. The molecule has 2 fully saturated rings. The highest BCUT2D eigenvalue weighted by atomic mass is 16.3. The zero-order valence-electron chi connectivity index (χ0n) is 7.92. The molecule has 70 valence electrons. The molecule has 0 aromatic carbocycles. The van der Waals surface area contributed by atoms with Crippen LogP contribution in [0.1, 0.15) is 32.6 Å². The standard InChI is InChI=1S/C10H19NO/c1-9-2-5-11(6-7-12)10(8-9)3-4-10/h9,12H,2-8H2,1H3/t9-/m1/s1. The summed E-state index contributed by atoms with van der Waals surface area (Å²) in [6.07, 6.45) is 5.43. The molecule has 0 aromatic rings. The first-order chi connectivity index (χ1) is 5.77. The maximum absolute atomic E-state index is 8.90. The van der Waals surface area contributed by atoms with Gasteiger partial charge in [0.25, 0.3) is 0 Å². The van der Waals surface area contributed by atoms with Crippen molar-refractivity contribution in [1.29, 1.82) is 0 Å². The Labute approximate surface area is 74.6 Å². The number of piperidine rings is 1. The lowest BCUT2D eigenvalue weighted by Crippen LogP contribution is -2.45. The lowest BCUT2D eigenvalue weighted by Gasteiger charge is -2.38. The monoisotopic (exact) mass is 169 g/mol. The van der Waals surface area contributed by atoms with E-state index in [1.54, 1.807) is 0 Å². The first-order valence-electron chi connectivity index (χ1n) is 5.13. The molecule has 2 nitrogen and oxygen atoms in total. The predicted octanol–water partition coefficient (Wildman–Crippen LogP) is 1.24. The summed E-state index contributed by atoms with van der Waals surface area (Å²) < 4.78 is 0. The summed E-state index contributed by atoms with van der Waals surface area (Å²) in [7, 11) is 0. The van der Waals surface area contributed by atoms with Crippen LogP contribution in [0.4, 0.5) is 0 Å². The third-order valence-electron chi connectivity index (χ3n) is 3.49. The van der Waals surface area contributed by atoms with Gasteiger partial charge in [0, 0.05) is 12.1 Å². The topological polar surface area (TPSA) is 23.5 Å². The molecule has 0 aromatic heterocycles. The van der Waals surface area contributed by atoms with Gasteiger partial charge in [-0.15, -0.1) is 0 Å². The molecule has 1 aliphatic heterocycles. The van der Waals surface area contributed by atoms with Crippen LogP contribution >= 0.6 is 0 Å². The van der Waals surface area contributed by atoms with Crippen molar-refractivity contribution in [3.05, 3.63) is 0 Å². The molecule has 2 heteroatoms. The zero-order valence-corrected chi connectivity index (χ0v) is 7.92. The molecule has 1 N–H and O–H groups in total. The van der Waals surface area contributed by atoms with E-state index in [2.05, 4.69) is 11.8 Å². The molecule has 1 heterocycles. The van der Waals surface area contributed by atoms with Crippen molar-refractivity contribution in [3.63, 3.8) is 0 Å². The predicted molar refractivity (Wildman–Crippen MR) is 49.0 cm³/mol. The van der Waals surface area contributed by atoms with Crippen molar-refractivity contribution in [2.24, 2.45) is 5.92 Å². The first-order valence-corrected chi connectivity index (χ1v) is 5.13. The minimum atomic E-state index is 0.329. The van der Waals surface area contributed by atoms with E-state index in [1.165, 1.54) is 32.2 Å². The summed E-state index contributed by atoms with van der Waals surface area (Å²) in [5.74, 6) is 0.905.